The Morgan fingerprint density at radius 2 is 1.68 bits per heavy atom. The number of carbonyl (C=O) groups is 2. The van der Waals surface area contributed by atoms with Crippen LogP contribution in [0.4, 0.5) is 0 Å². The van der Waals surface area contributed by atoms with Gasteiger partial charge in [0.2, 0.25) is 11.5 Å². The van der Waals surface area contributed by atoms with Crippen molar-refractivity contribution < 1.29 is 18.7 Å². The Labute approximate surface area is 166 Å². The van der Waals surface area contributed by atoms with Gasteiger partial charge in [-0.05, 0) is 68.7 Å². The maximum absolute atomic E-state index is 12.7. The van der Waals surface area contributed by atoms with Crippen molar-refractivity contribution in [2.24, 2.45) is 0 Å². The molecule has 0 fully saturated rings. The highest BCUT2D eigenvalue weighted by Gasteiger charge is 2.24. The molecule has 3 aromatic rings. The molecule has 1 atom stereocenters. The number of halogens is 1. The van der Waals surface area contributed by atoms with E-state index in [9.17, 15) is 14.4 Å². The summed E-state index contributed by atoms with van der Waals surface area (Å²) in [5, 5.41) is 0.650. The zero-order chi connectivity index (χ0) is 20.6. The monoisotopic (exact) mass is 398 g/mol. The number of fused-ring (bicyclic) bond motifs is 1. The van der Waals surface area contributed by atoms with E-state index >= 15 is 0 Å². The average Bonchev–Trinajstić information content (AvgIpc) is 2.64. The van der Waals surface area contributed by atoms with E-state index in [1.807, 2.05) is 26.8 Å². The third-order valence-corrected chi connectivity index (χ3v) is 4.88. The molecule has 3 rings (SSSR count). The number of hydrogen-bond donors (Lipinski definition) is 0. The highest BCUT2D eigenvalue weighted by atomic mass is 35.5. The van der Waals surface area contributed by atoms with Crippen LogP contribution in [-0.4, -0.2) is 17.9 Å². The zero-order valence-electron chi connectivity index (χ0n) is 16.0. The fourth-order valence-electron chi connectivity index (χ4n) is 2.95. The van der Waals surface area contributed by atoms with Crippen LogP contribution >= 0.6 is 11.6 Å². The van der Waals surface area contributed by atoms with Crippen LogP contribution in [0.2, 0.25) is 5.02 Å². The van der Waals surface area contributed by atoms with Gasteiger partial charge < -0.3 is 9.15 Å². The summed E-state index contributed by atoms with van der Waals surface area (Å²) < 4.78 is 10.7. The fraction of sp³-hybridized carbons (Fsp3) is 0.227. The Morgan fingerprint density at radius 3 is 2.39 bits per heavy atom. The Bertz CT molecular complexity index is 1160. The van der Waals surface area contributed by atoms with Crippen LogP contribution in [0.5, 0.6) is 0 Å². The number of carbonyl (C=O) groups excluding carboxylic acids is 2. The molecule has 0 unspecified atom stereocenters. The molecular formula is C22H19ClO5. The van der Waals surface area contributed by atoms with Gasteiger partial charge in [-0.2, -0.15) is 0 Å². The van der Waals surface area contributed by atoms with Crippen molar-refractivity contribution in [3.8, 4) is 0 Å². The number of esters is 1. The van der Waals surface area contributed by atoms with E-state index in [0.717, 1.165) is 22.8 Å². The lowest BCUT2D eigenvalue weighted by atomic mass is 9.96. The molecule has 0 aliphatic carbocycles. The molecule has 0 aliphatic heterocycles. The molecule has 5 nitrogen and oxygen atoms in total. The van der Waals surface area contributed by atoms with Gasteiger partial charge in [-0.1, -0.05) is 17.7 Å². The summed E-state index contributed by atoms with van der Waals surface area (Å²) >= 11 is 5.88. The first-order valence-electron chi connectivity index (χ1n) is 8.74. The third-order valence-electron chi connectivity index (χ3n) is 4.65. The number of ketones is 1. The lowest BCUT2D eigenvalue weighted by Crippen LogP contribution is -2.25. The van der Waals surface area contributed by atoms with E-state index in [-0.39, 0.29) is 22.5 Å². The van der Waals surface area contributed by atoms with E-state index in [1.54, 1.807) is 12.1 Å². The van der Waals surface area contributed by atoms with E-state index in [1.165, 1.54) is 19.1 Å². The van der Waals surface area contributed by atoms with Crippen molar-refractivity contribution >= 4 is 34.3 Å². The predicted octanol–water partition coefficient (Wildman–Crippen LogP) is 4.80. The molecular weight excluding hydrogens is 380 g/mol. The highest BCUT2D eigenvalue weighted by molar-refractivity contribution is 6.31. The molecule has 0 saturated carbocycles. The molecule has 6 heteroatoms. The van der Waals surface area contributed by atoms with Gasteiger partial charge in [-0.15, -0.1) is 0 Å². The summed E-state index contributed by atoms with van der Waals surface area (Å²) in [4.78, 5) is 37.4. The number of aryl methyl sites for hydroxylation is 3. The predicted molar refractivity (Wildman–Crippen MR) is 107 cm³/mol. The summed E-state index contributed by atoms with van der Waals surface area (Å²) in [6, 6.07) is 9.27. The van der Waals surface area contributed by atoms with Crippen LogP contribution in [-0.2, 0) is 4.74 Å². The van der Waals surface area contributed by atoms with Crippen molar-refractivity contribution in [2.75, 3.05) is 0 Å². The van der Waals surface area contributed by atoms with E-state index < -0.39 is 17.5 Å². The summed E-state index contributed by atoms with van der Waals surface area (Å²) in [6.45, 7) is 7.21. The Kier molecular flexibility index (Phi) is 5.38. The molecule has 0 aliphatic rings. The molecule has 0 N–H and O–H groups in total. The van der Waals surface area contributed by atoms with Crippen LogP contribution in [0, 0.1) is 20.8 Å². The number of hydrogen-bond acceptors (Lipinski definition) is 5. The Balaban J connectivity index is 1.85. The minimum Gasteiger partial charge on any atom is -0.449 e. The van der Waals surface area contributed by atoms with Crippen LogP contribution in [0.3, 0.4) is 0 Å². The number of benzene rings is 2. The lowest BCUT2D eigenvalue weighted by Gasteiger charge is -2.15. The van der Waals surface area contributed by atoms with Gasteiger partial charge in [0.05, 0.1) is 5.39 Å². The second kappa shape index (κ2) is 7.60. The van der Waals surface area contributed by atoms with Gasteiger partial charge in [0.15, 0.2) is 11.5 Å². The molecule has 2 aromatic carbocycles. The second-order valence-corrected chi connectivity index (χ2v) is 7.21. The zero-order valence-corrected chi connectivity index (χ0v) is 16.7. The molecule has 0 amide bonds. The second-order valence-electron chi connectivity index (χ2n) is 6.78. The first-order chi connectivity index (χ1) is 13.2. The summed E-state index contributed by atoms with van der Waals surface area (Å²) in [6.07, 6.45) is -1.03. The molecule has 28 heavy (non-hydrogen) atoms. The summed E-state index contributed by atoms with van der Waals surface area (Å²) in [7, 11) is 0. The molecule has 1 heterocycles. The maximum Gasteiger partial charge on any atom is 0.375 e. The first kappa shape index (κ1) is 19.8. The summed E-state index contributed by atoms with van der Waals surface area (Å²) in [5.41, 5.74) is 3.17. The largest absolute Gasteiger partial charge is 0.449 e. The molecule has 144 valence electrons. The first-order valence-corrected chi connectivity index (χ1v) is 9.11. The van der Waals surface area contributed by atoms with Crippen LogP contribution in [0.1, 0.15) is 44.5 Å². The fourth-order valence-corrected chi connectivity index (χ4v) is 3.12. The molecule has 0 bridgehead atoms. The topological polar surface area (TPSA) is 73.6 Å². The van der Waals surface area contributed by atoms with Crippen LogP contribution < -0.4 is 5.43 Å². The van der Waals surface area contributed by atoms with Crippen molar-refractivity contribution in [2.45, 2.75) is 33.8 Å². The van der Waals surface area contributed by atoms with E-state index in [0.29, 0.717) is 10.6 Å². The van der Waals surface area contributed by atoms with Gasteiger partial charge in [0.1, 0.15) is 5.58 Å². The number of rotatable bonds is 4. The minimum atomic E-state index is -1.03. The standard InChI is InChI=1S/C22H19ClO5/c1-11-7-13(3)16(8-12(11)2)21(25)14(4)27-22(26)20-10-18(24)17-9-15(23)5-6-19(17)28-20/h5-10,14H,1-4H3/t14-/m1/s1. The van der Waals surface area contributed by atoms with Crippen LogP contribution in [0.15, 0.2) is 45.6 Å². The SMILES string of the molecule is Cc1cc(C)c(C(=O)[C@@H](C)OC(=O)c2cc(=O)c3cc(Cl)ccc3o2)cc1C. The highest BCUT2D eigenvalue weighted by Crippen LogP contribution is 2.20. The smallest absolute Gasteiger partial charge is 0.375 e. The van der Waals surface area contributed by atoms with Crippen molar-refractivity contribution in [3.63, 3.8) is 0 Å². The number of Topliss-reactive ketones (excluding diaryl/α,β-unsaturated/α-hetero) is 1. The van der Waals surface area contributed by atoms with Crippen molar-refractivity contribution in [1.82, 2.24) is 0 Å². The van der Waals surface area contributed by atoms with Crippen LogP contribution in [0.25, 0.3) is 11.0 Å². The molecule has 0 spiro atoms. The van der Waals surface area contributed by atoms with E-state index in [2.05, 4.69) is 0 Å². The quantitative estimate of drug-likeness (QED) is 0.466. The average molecular weight is 399 g/mol. The maximum atomic E-state index is 12.7. The normalized spacial score (nSPS) is 12.0. The van der Waals surface area contributed by atoms with Gasteiger partial charge in [0.25, 0.3) is 0 Å². The summed E-state index contributed by atoms with van der Waals surface area (Å²) in [5.74, 6) is -1.46. The van der Waals surface area contributed by atoms with Gasteiger partial charge in [-0.3, -0.25) is 9.59 Å². The Morgan fingerprint density at radius 1 is 1.00 bits per heavy atom. The van der Waals surface area contributed by atoms with Crippen molar-refractivity contribution in [1.29, 1.82) is 0 Å². The molecule has 1 aromatic heterocycles. The number of ether oxygens (including phenoxy) is 1. The van der Waals surface area contributed by atoms with Crippen molar-refractivity contribution in [3.05, 3.63) is 79.7 Å². The molecule has 0 saturated heterocycles. The lowest BCUT2D eigenvalue weighted by molar-refractivity contribution is 0.0289. The Hall–Kier alpha value is -2.92. The van der Waals surface area contributed by atoms with Gasteiger partial charge in [-0.25, -0.2) is 4.79 Å². The van der Waals surface area contributed by atoms with Gasteiger partial charge >= 0.3 is 5.97 Å². The third kappa shape index (κ3) is 3.85. The van der Waals surface area contributed by atoms with E-state index in [4.69, 9.17) is 20.8 Å². The van der Waals surface area contributed by atoms with Gasteiger partial charge in [0, 0.05) is 16.7 Å². The minimum absolute atomic E-state index is 0.216. The molecule has 0 radical (unpaired) electrons.